The molecule has 0 aliphatic carbocycles. The number of carbonyl (C=O) groups excluding carboxylic acids is 1. The molecule has 5 nitrogen and oxygen atoms in total. The largest absolute Gasteiger partial charge is 0.481 e. The van der Waals surface area contributed by atoms with E-state index in [2.05, 4.69) is 0 Å². The summed E-state index contributed by atoms with van der Waals surface area (Å²) in [4.78, 5) is 25.3. The Bertz CT molecular complexity index is 788. The first-order valence-corrected chi connectivity index (χ1v) is 7.87. The Kier molecular flexibility index (Phi) is 4.44. The Balaban J connectivity index is 1.97. The smallest absolute Gasteiger partial charge is 0.307 e. The van der Waals surface area contributed by atoms with Crippen LogP contribution in [-0.4, -0.2) is 23.1 Å². The van der Waals surface area contributed by atoms with Crippen LogP contribution in [0.3, 0.4) is 0 Å². The van der Waals surface area contributed by atoms with Crippen LogP contribution < -0.4 is 9.64 Å². The molecule has 1 aliphatic rings. The van der Waals surface area contributed by atoms with Crippen LogP contribution in [0, 0.1) is 6.92 Å². The van der Waals surface area contributed by atoms with Crippen molar-refractivity contribution in [2.24, 2.45) is 0 Å². The second-order valence-corrected chi connectivity index (χ2v) is 6.16. The molecule has 1 atom stereocenters. The van der Waals surface area contributed by atoms with Crippen LogP contribution >= 0.6 is 11.6 Å². The lowest BCUT2D eigenvalue weighted by Crippen LogP contribution is -2.46. The summed E-state index contributed by atoms with van der Waals surface area (Å²) in [6.07, 6.45) is -1.39. The Morgan fingerprint density at radius 1 is 1.25 bits per heavy atom. The molecule has 6 heteroatoms. The van der Waals surface area contributed by atoms with Gasteiger partial charge in [-0.15, -0.1) is 0 Å². The third kappa shape index (κ3) is 3.36. The van der Waals surface area contributed by atoms with Gasteiger partial charge in [0.05, 0.1) is 18.7 Å². The minimum atomic E-state index is -1.07. The van der Waals surface area contributed by atoms with Crippen LogP contribution in [0.1, 0.15) is 17.5 Å². The molecule has 1 aliphatic heterocycles. The first-order valence-electron chi connectivity index (χ1n) is 7.49. The lowest BCUT2D eigenvalue weighted by atomic mass is 10.1. The highest BCUT2D eigenvalue weighted by molar-refractivity contribution is 6.30. The van der Waals surface area contributed by atoms with E-state index < -0.39 is 12.1 Å². The minimum Gasteiger partial charge on any atom is -0.481 e. The molecule has 1 N–H and O–H groups in total. The van der Waals surface area contributed by atoms with Crippen molar-refractivity contribution in [3.8, 4) is 5.75 Å². The van der Waals surface area contributed by atoms with E-state index in [0.717, 1.165) is 11.1 Å². The quantitative estimate of drug-likeness (QED) is 0.922. The predicted octanol–water partition coefficient (Wildman–Crippen LogP) is 3.42. The Morgan fingerprint density at radius 3 is 2.62 bits per heavy atom. The number of anilines is 1. The van der Waals surface area contributed by atoms with Crippen LogP contribution in [0.25, 0.3) is 0 Å². The van der Waals surface area contributed by atoms with Crippen LogP contribution in [0.2, 0.25) is 5.02 Å². The average molecular weight is 346 g/mol. The Hall–Kier alpha value is -2.53. The summed E-state index contributed by atoms with van der Waals surface area (Å²) in [5.74, 6) is -0.916. The predicted molar refractivity (Wildman–Crippen MR) is 90.5 cm³/mol. The van der Waals surface area contributed by atoms with Crippen molar-refractivity contribution >= 4 is 29.2 Å². The van der Waals surface area contributed by atoms with Crippen molar-refractivity contribution in [3.05, 3.63) is 58.6 Å². The molecule has 0 fully saturated rings. The van der Waals surface area contributed by atoms with Crippen LogP contribution in [0.15, 0.2) is 42.5 Å². The zero-order valence-corrected chi connectivity index (χ0v) is 13.8. The standard InChI is InChI=1S/C18H16ClNO4/c1-11-2-7-15-14(8-11)20(10-12-3-5-13(19)6-4-12)18(23)16(24-15)9-17(21)22/h2-8,16H,9-10H2,1H3,(H,21,22). The molecule has 24 heavy (non-hydrogen) atoms. The highest BCUT2D eigenvalue weighted by Gasteiger charge is 2.35. The summed E-state index contributed by atoms with van der Waals surface area (Å²) in [5, 5.41) is 9.63. The minimum absolute atomic E-state index is 0.325. The normalized spacial score (nSPS) is 16.5. The number of aryl methyl sites for hydroxylation is 1. The second-order valence-electron chi connectivity index (χ2n) is 5.73. The number of fused-ring (bicyclic) bond motifs is 1. The molecule has 0 saturated carbocycles. The van der Waals surface area contributed by atoms with Crippen molar-refractivity contribution < 1.29 is 19.4 Å². The fourth-order valence-electron chi connectivity index (χ4n) is 2.66. The van der Waals surface area contributed by atoms with Gasteiger partial charge in [0, 0.05) is 5.02 Å². The second kappa shape index (κ2) is 6.53. The third-order valence-electron chi connectivity index (χ3n) is 3.83. The number of rotatable bonds is 4. The van der Waals surface area contributed by atoms with E-state index in [1.807, 2.05) is 31.2 Å². The monoisotopic (exact) mass is 345 g/mol. The van der Waals surface area contributed by atoms with Crippen molar-refractivity contribution in [2.75, 3.05) is 4.90 Å². The van der Waals surface area contributed by atoms with Gasteiger partial charge in [0.1, 0.15) is 5.75 Å². The number of carboxylic acid groups (broad SMARTS) is 1. The SMILES string of the molecule is Cc1ccc2c(c1)N(Cc1ccc(Cl)cc1)C(=O)C(CC(=O)O)O2. The number of benzene rings is 2. The molecule has 0 radical (unpaired) electrons. The molecule has 1 unspecified atom stereocenters. The summed E-state index contributed by atoms with van der Waals surface area (Å²) in [6.45, 7) is 2.25. The molecule has 2 aromatic carbocycles. The number of ether oxygens (including phenoxy) is 1. The van der Waals surface area contributed by atoms with E-state index in [9.17, 15) is 9.59 Å². The fraction of sp³-hybridized carbons (Fsp3) is 0.222. The number of amides is 1. The number of halogens is 1. The van der Waals surface area contributed by atoms with Crippen molar-refractivity contribution in [1.82, 2.24) is 0 Å². The van der Waals surface area contributed by atoms with Gasteiger partial charge in [0.2, 0.25) is 0 Å². The lowest BCUT2D eigenvalue weighted by molar-refractivity contribution is -0.142. The van der Waals surface area contributed by atoms with E-state index >= 15 is 0 Å². The summed E-state index contributed by atoms with van der Waals surface area (Å²) in [7, 11) is 0. The summed E-state index contributed by atoms with van der Waals surface area (Å²) in [5.41, 5.74) is 2.54. The molecule has 3 rings (SSSR count). The number of aliphatic carboxylic acids is 1. The zero-order valence-electron chi connectivity index (χ0n) is 13.0. The van der Waals surface area contributed by atoms with Gasteiger partial charge in [-0.3, -0.25) is 9.59 Å². The van der Waals surface area contributed by atoms with Gasteiger partial charge in [-0.25, -0.2) is 0 Å². The van der Waals surface area contributed by atoms with Crippen LogP contribution in [-0.2, 0) is 16.1 Å². The Morgan fingerprint density at radius 2 is 1.96 bits per heavy atom. The summed E-state index contributed by atoms with van der Waals surface area (Å²) >= 11 is 5.90. The molecule has 0 bridgehead atoms. The Labute approximate surface area is 144 Å². The first kappa shape index (κ1) is 16.3. The van der Waals surface area contributed by atoms with Gasteiger partial charge >= 0.3 is 5.97 Å². The van der Waals surface area contributed by atoms with Gasteiger partial charge in [0.25, 0.3) is 5.91 Å². The molecule has 124 valence electrons. The number of carboxylic acids is 1. The maximum atomic E-state index is 12.7. The number of hydrogen-bond donors (Lipinski definition) is 1. The first-order chi connectivity index (χ1) is 11.4. The van der Waals surface area contributed by atoms with Gasteiger partial charge in [-0.05, 0) is 42.3 Å². The van der Waals surface area contributed by atoms with Crippen LogP contribution in [0.5, 0.6) is 5.75 Å². The summed E-state index contributed by atoms with van der Waals surface area (Å²) in [6, 6.07) is 12.7. The van der Waals surface area contributed by atoms with E-state index in [1.165, 1.54) is 0 Å². The van der Waals surface area contributed by atoms with Gasteiger partial charge in [0.15, 0.2) is 6.10 Å². The van der Waals surface area contributed by atoms with Gasteiger partial charge in [-0.1, -0.05) is 29.8 Å². The number of carbonyl (C=O) groups is 2. The summed E-state index contributed by atoms with van der Waals surface area (Å²) < 4.78 is 5.60. The molecule has 1 amide bonds. The highest BCUT2D eigenvalue weighted by atomic mass is 35.5. The molecule has 0 spiro atoms. The van der Waals surface area contributed by atoms with E-state index in [4.69, 9.17) is 21.4 Å². The van der Waals surface area contributed by atoms with E-state index in [1.54, 1.807) is 23.1 Å². The highest BCUT2D eigenvalue weighted by Crippen LogP contribution is 2.36. The third-order valence-corrected chi connectivity index (χ3v) is 4.08. The molecule has 1 heterocycles. The van der Waals surface area contributed by atoms with E-state index in [-0.39, 0.29) is 12.3 Å². The fourth-order valence-corrected chi connectivity index (χ4v) is 2.78. The maximum absolute atomic E-state index is 12.7. The van der Waals surface area contributed by atoms with Gasteiger partial charge < -0.3 is 14.7 Å². The molecular formula is C18H16ClNO4. The molecular weight excluding hydrogens is 330 g/mol. The topological polar surface area (TPSA) is 66.8 Å². The van der Waals surface area contributed by atoms with Crippen LogP contribution in [0.4, 0.5) is 5.69 Å². The molecule has 0 saturated heterocycles. The molecule has 0 aromatic heterocycles. The number of nitrogens with zero attached hydrogens (tertiary/aromatic N) is 1. The lowest BCUT2D eigenvalue weighted by Gasteiger charge is -2.34. The average Bonchev–Trinajstić information content (AvgIpc) is 2.53. The van der Waals surface area contributed by atoms with Crippen molar-refractivity contribution in [2.45, 2.75) is 26.0 Å². The molecule has 2 aromatic rings. The van der Waals surface area contributed by atoms with Crippen molar-refractivity contribution in [3.63, 3.8) is 0 Å². The zero-order chi connectivity index (χ0) is 17.3. The maximum Gasteiger partial charge on any atom is 0.307 e. The number of hydrogen-bond acceptors (Lipinski definition) is 3. The van der Waals surface area contributed by atoms with E-state index in [0.29, 0.717) is 23.0 Å². The van der Waals surface area contributed by atoms with Gasteiger partial charge in [-0.2, -0.15) is 0 Å². The van der Waals surface area contributed by atoms with Crippen molar-refractivity contribution in [1.29, 1.82) is 0 Å².